The molecule has 0 atom stereocenters. The fourth-order valence-electron chi connectivity index (χ4n) is 2.06. The maximum Gasteiger partial charge on any atom is 0.0366 e. The fraction of sp³-hybridized carbons (Fsp3) is 0.600. The highest BCUT2D eigenvalue weighted by Crippen LogP contribution is 2.18. The Morgan fingerprint density at radius 2 is 2.12 bits per heavy atom. The lowest BCUT2D eigenvalue weighted by Gasteiger charge is -2.19. The highest BCUT2D eigenvalue weighted by molar-refractivity contribution is 5.47. The quantitative estimate of drug-likeness (QED) is 0.727. The van der Waals surface area contributed by atoms with Crippen LogP contribution in [0.2, 0.25) is 0 Å². The molecule has 0 radical (unpaired) electrons. The Morgan fingerprint density at radius 1 is 1.29 bits per heavy atom. The van der Waals surface area contributed by atoms with E-state index in [1.165, 1.54) is 43.5 Å². The van der Waals surface area contributed by atoms with Crippen molar-refractivity contribution in [2.24, 2.45) is 0 Å². The van der Waals surface area contributed by atoms with Gasteiger partial charge >= 0.3 is 0 Å². The Bertz CT molecular complexity index is 345. The molecule has 1 aromatic rings. The summed E-state index contributed by atoms with van der Waals surface area (Å²) in [5.41, 5.74) is 2.67. The van der Waals surface area contributed by atoms with Gasteiger partial charge in [0.15, 0.2) is 0 Å². The maximum atomic E-state index is 3.56. The Kier molecular flexibility index (Phi) is 4.43. The van der Waals surface area contributed by atoms with Gasteiger partial charge in [0.05, 0.1) is 0 Å². The monoisotopic (exact) mass is 232 g/mol. The summed E-state index contributed by atoms with van der Waals surface area (Å²) < 4.78 is 0. The second-order valence-corrected chi connectivity index (χ2v) is 5.20. The van der Waals surface area contributed by atoms with E-state index < -0.39 is 0 Å². The zero-order chi connectivity index (χ0) is 12.1. The predicted octanol–water partition coefficient (Wildman–Crippen LogP) is 2.96. The zero-order valence-electron chi connectivity index (χ0n) is 11.1. The average Bonchev–Trinajstić information content (AvgIpc) is 3.12. The summed E-state index contributed by atoms with van der Waals surface area (Å²) in [6.07, 6.45) is 5.34. The van der Waals surface area contributed by atoms with Crippen LogP contribution in [0, 0.1) is 6.92 Å². The maximum absolute atomic E-state index is 3.56. The highest BCUT2D eigenvalue weighted by Gasteiger charge is 2.19. The number of nitrogens with one attached hydrogen (secondary N) is 1. The third-order valence-corrected chi connectivity index (χ3v) is 3.37. The second-order valence-electron chi connectivity index (χ2n) is 5.20. The molecule has 0 unspecified atom stereocenters. The van der Waals surface area contributed by atoms with Gasteiger partial charge in [-0.05, 0) is 56.8 Å². The summed E-state index contributed by atoms with van der Waals surface area (Å²) in [7, 11) is 2.18. The van der Waals surface area contributed by atoms with Gasteiger partial charge in [-0.2, -0.15) is 0 Å². The van der Waals surface area contributed by atoms with Crippen molar-refractivity contribution in [1.82, 2.24) is 5.32 Å². The van der Waals surface area contributed by atoms with E-state index in [0.29, 0.717) is 0 Å². The van der Waals surface area contributed by atoms with Crippen molar-refractivity contribution in [2.75, 3.05) is 25.0 Å². The third-order valence-electron chi connectivity index (χ3n) is 3.37. The van der Waals surface area contributed by atoms with Gasteiger partial charge in [-0.3, -0.25) is 0 Å². The van der Waals surface area contributed by atoms with Gasteiger partial charge in [0.1, 0.15) is 0 Å². The SMILES string of the molecule is Cc1cccc(N(C)CCCCNC2CC2)c1. The number of anilines is 1. The molecule has 2 rings (SSSR count). The molecule has 0 bridgehead atoms. The molecule has 17 heavy (non-hydrogen) atoms. The third kappa shape index (κ3) is 4.39. The van der Waals surface area contributed by atoms with Crippen molar-refractivity contribution in [3.63, 3.8) is 0 Å². The molecule has 1 fully saturated rings. The van der Waals surface area contributed by atoms with E-state index in [2.05, 4.69) is 48.5 Å². The number of hydrogen-bond donors (Lipinski definition) is 1. The van der Waals surface area contributed by atoms with Crippen molar-refractivity contribution in [2.45, 2.75) is 38.6 Å². The minimum absolute atomic E-state index is 0.851. The van der Waals surface area contributed by atoms with E-state index in [-0.39, 0.29) is 0 Å². The number of benzene rings is 1. The molecule has 2 heteroatoms. The smallest absolute Gasteiger partial charge is 0.0366 e. The molecule has 0 aromatic heterocycles. The van der Waals surface area contributed by atoms with Gasteiger partial charge in [-0.1, -0.05) is 12.1 Å². The topological polar surface area (TPSA) is 15.3 Å². The molecule has 0 aliphatic heterocycles. The molecule has 1 aliphatic rings. The van der Waals surface area contributed by atoms with Gasteiger partial charge in [-0.25, -0.2) is 0 Å². The first kappa shape index (κ1) is 12.4. The van der Waals surface area contributed by atoms with Crippen molar-refractivity contribution < 1.29 is 0 Å². The van der Waals surface area contributed by atoms with Crippen LogP contribution in [0.5, 0.6) is 0 Å². The van der Waals surface area contributed by atoms with E-state index in [1.807, 2.05) is 0 Å². The number of unbranched alkanes of at least 4 members (excludes halogenated alkanes) is 1. The van der Waals surface area contributed by atoms with Crippen molar-refractivity contribution in [3.05, 3.63) is 29.8 Å². The molecule has 1 saturated carbocycles. The lowest BCUT2D eigenvalue weighted by Crippen LogP contribution is -2.21. The van der Waals surface area contributed by atoms with Crippen LogP contribution in [-0.2, 0) is 0 Å². The number of nitrogens with zero attached hydrogens (tertiary/aromatic N) is 1. The average molecular weight is 232 g/mol. The molecule has 0 heterocycles. The van der Waals surface area contributed by atoms with Crippen LogP contribution >= 0.6 is 0 Å². The highest BCUT2D eigenvalue weighted by atomic mass is 15.1. The molecule has 2 nitrogen and oxygen atoms in total. The van der Waals surface area contributed by atoms with Crippen molar-refractivity contribution in [3.8, 4) is 0 Å². The van der Waals surface area contributed by atoms with Crippen molar-refractivity contribution in [1.29, 1.82) is 0 Å². The zero-order valence-corrected chi connectivity index (χ0v) is 11.1. The van der Waals surface area contributed by atoms with Crippen LogP contribution in [0.1, 0.15) is 31.2 Å². The molecule has 1 N–H and O–H groups in total. The molecule has 0 saturated heterocycles. The van der Waals surface area contributed by atoms with Gasteiger partial charge in [-0.15, -0.1) is 0 Å². The summed E-state index contributed by atoms with van der Waals surface area (Å²) >= 11 is 0. The molecule has 0 amide bonds. The molecular formula is C15H24N2. The summed E-state index contributed by atoms with van der Waals surface area (Å²) in [5, 5.41) is 3.56. The molecule has 1 aromatic carbocycles. The van der Waals surface area contributed by atoms with E-state index in [4.69, 9.17) is 0 Å². The van der Waals surface area contributed by atoms with Crippen LogP contribution in [-0.4, -0.2) is 26.2 Å². The number of aryl methyl sites for hydroxylation is 1. The van der Waals surface area contributed by atoms with Gasteiger partial charge in [0, 0.05) is 25.3 Å². The Hall–Kier alpha value is -1.02. The van der Waals surface area contributed by atoms with Crippen LogP contribution in [0.4, 0.5) is 5.69 Å². The molecule has 94 valence electrons. The predicted molar refractivity (Wildman–Crippen MR) is 74.7 cm³/mol. The molecular weight excluding hydrogens is 208 g/mol. The Balaban J connectivity index is 1.63. The second kappa shape index (κ2) is 6.06. The first-order valence-corrected chi connectivity index (χ1v) is 6.77. The Labute approximate surface area is 105 Å². The molecule has 1 aliphatic carbocycles. The number of rotatable bonds is 7. The van der Waals surface area contributed by atoms with Crippen molar-refractivity contribution >= 4 is 5.69 Å². The summed E-state index contributed by atoms with van der Waals surface area (Å²) in [6, 6.07) is 9.58. The van der Waals surface area contributed by atoms with E-state index in [9.17, 15) is 0 Å². The minimum atomic E-state index is 0.851. The van der Waals surface area contributed by atoms with Crippen LogP contribution in [0.3, 0.4) is 0 Å². The van der Waals surface area contributed by atoms with Gasteiger partial charge in [0.25, 0.3) is 0 Å². The summed E-state index contributed by atoms with van der Waals surface area (Å²) in [6.45, 7) is 4.49. The fourth-order valence-corrected chi connectivity index (χ4v) is 2.06. The minimum Gasteiger partial charge on any atom is -0.375 e. The van der Waals surface area contributed by atoms with Gasteiger partial charge in [0.2, 0.25) is 0 Å². The van der Waals surface area contributed by atoms with E-state index in [1.54, 1.807) is 0 Å². The molecule has 0 spiro atoms. The van der Waals surface area contributed by atoms with E-state index >= 15 is 0 Å². The summed E-state index contributed by atoms with van der Waals surface area (Å²) in [4.78, 5) is 2.35. The lowest BCUT2D eigenvalue weighted by molar-refractivity contribution is 0.618. The van der Waals surface area contributed by atoms with Crippen LogP contribution in [0.15, 0.2) is 24.3 Å². The lowest BCUT2D eigenvalue weighted by atomic mass is 10.2. The Morgan fingerprint density at radius 3 is 2.82 bits per heavy atom. The van der Waals surface area contributed by atoms with Gasteiger partial charge < -0.3 is 10.2 Å². The van der Waals surface area contributed by atoms with Crippen LogP contribution in [0.25, 0.3) is 0 Å². The number of hydrogen-bond acceptors (Lipinski definition) is 2. The largest absolute Gasteiger partial charge is 0.375 e. The normalized spacial score (nSPS) is 14.9. The standard InChI is InChI=1S/C15H24N2/c1-13-6-5-7-15(12-13)17(2)11-4-3-10-16-14-8-9-14/h5-7,12,14,16H,3-4,8-11H2,1-2H3. The van der Waals surface area contributed by atoms with Crippen LogP contribution < -0.4 is 10.2 Å². The first-order valence-electron chi connectivity index (χ1n) is 6.77. The van der Waals surface area contributed by atoms with E-state index in [0.717, 1.165) is 12.6 Å². The first-order chi connectivity index (χ1) is 8.25. The summed E-state index contributed by atoms with van der Waals surface area (Å²) in [5.74, 6) is 0.